The van der Waals surface area contributed by atoms with E-state index in [1.807, 2.05) is 0 Å². The van der Waals surface area contributed by atoms with Gasteiger partial charge in [-0.25, -0.2) is 13.1 Å². The summed E-state index contributed by atoms with van der Waals surface area (Å²) < 4.78 is 24.5. The molecule has 7 heteroatoms. The van der Waals surface area contributed by atoms with Crippen LogP contribution in [0, 0.1) is 11.3 Å². The van der Waals surface area contributed by atoms with Crippen LogP contribution in [0.15, 0.2) is 0 Å². The van der Waals surface area contributed by atoms with Crippen LogP contribution in [0.1, 0.15) is 13.3 Å². The third kappa shape index (κ3) is 4.20. The normalized spacial score (nSPS) is 12.9. The molecule has 2 N–H and O–H groups in total. The lowest BCUT2D eigenvalue weighted by Crippen LogP contribution is -2.34. The Morgan fingerprint density at radius 2 is 2.14 bits per heavy atom. The van der Waals surface area contributed by atoms with Crippen LogP contribution in [0.25, 0.3) is 0 Å². The molecule has 0 aromatic rings. The summed E-state index contributed by atoms with van der Waals surface area (Å²) in [5.74, 6) is -0.252. The lowest BCUT2D eigenvalue weighted by Gasteiger charge is -2.06. The molecule has 0 aliphatic heterocycles. The van der Waals surface area contributed by atoms with Crippen molar-refractivity contribution < 1.29 is 13.2 Å². The van der Waals surface area contributed by atoms with Crippen LogP contribution in [0.2, 0.25) is 0 Å². The number of amides is 1. The second kappa shape index (κ2) is 5.57. The lowest BCUT2D eigenvalue weighted by atomic mass is 10.4. The molecule has 0 aromatic carbocycles. The maximum Gasteiger partial charge on any atom is 0.227 e. The number of nitriles is 1. The molecule has 6 nitrogen and oxygen atoms in total. The number of rotatable bonds is 5. The van der Waals surface area contributed by atoms with Crippen LogP contribution < -0.4 is 10.0 Å². The summed E-state index contributed by atoms with van der Waals surface area (Å²) in [6, 6.07) is 1.61. The first-order chi connectivity index (χ1) is 6.44. The minimum Gasteiger partial charge on any atom is -0.359 e. The van der Waals surface area contributed by atoms with Gasteiger partial charge in [-0.2, -0.15) is 5.26 Å². The van der Waals surface area contributed by atoms with E-state index in [1.165, 1.54) is 14.0 Å². The van der Waals surface area contributed by atoms with Gasteiger partial charge in [0, 0.05) is 20.0 Å². The van der Waals surface area contributed by atoms with E-state index < -0.39 is 15.3 Å². The van der Waals surface area contributed by atoms with Crippen LogP contribution in [-0.2, 0) is 14.8 Å². The van der Waals surface area contributed by atoms with Gasteiger partial charge in [0.1, 0.15) is 0 Å². The number of hydrogen-bond donors (Lipinski definition) is 2. The average molecular weight is 219 g/mol. The zero-order valence-corrected chi connectivity index (χ0v) is 8.89. The summed E-state index contributed by atoms with van der Waals surface area (Å²) in [6.45, 7) is 1.29. The highest BCUT2D eigenvalue weighted by molar-refractivity contribution is 7.90. The summed E-state index contributed by atoms with van der Waals surface area (Å²) in [5.41, 5.74) is 0. The molecule has 1 amide bonds. The number of sulfonamides is 1. The van der Waals surface area contributed by atoms with Crippen LogP contribution in [-0.4, -0.2) is 33.2 Å². The van der Waals surface area contributed by atoms with E-state index in [2.05, 4.69) is 10.0 Å². The van der Waals surface area contributed by atoms with E-state index in [-0.39, 0.29) is 18.9 Å². The van der Waals surface area contributed by atoms with Gasteiger partial charge in [-0.15, -0.1) is 0 Å². The minimum atomic E-state index is -3.61. The zero-order chi connectivity index (χ0) is 11.2. The van der Waals surface area contributed by atoms with E-state index in [0.717, 1.165) is 0 Å². The van der Waals surface area contributed by atoms with Crippen molar-refractivity contribution >= 4 is 15.9 Å². The Labute approximate surface area is 83.3 Å². The molecule has 14 heavy (non-hydrogen) atoms. The molecular formula is C7H13N3O3S. The molecule has 0 saturated carbocycles. The second-order valence-electron chi connectivity index (χ2n) is 2.63. The molecule has 0 fully saturated rings. The summed E-state index contributed by atoms with van der Waals surface area (Å²) in [4.78, 5) is 10.7. The fourth-order valence-corrected chi connectivity index (χ4v) is 1.40. The van der Waals surface area contributed by atoms with Crippen molar-refractivity contribution in [3.05, 3.63) is 0 Å². The fourth-order valence-electron chi connectivity index (χ4n) is 0.626. The standard InChI is InChI=1S/C7H13N3O3S/c1-6(5-8)14(12,13)10-4-3-7(11)9-2/h6,10H,3-4H2,1-2H3,(H,9,11). The quantitative estimate of drug-likeness (QED) is 0.616. The second-order valence-corrected chi connectivity index (χ2v) is 4.72. The molecule has 0 spiro atoms. The summed E-state index contributed by atoms with van der Waals surface area (Å²) in [6.07, 6.45) is 0.0634. The maximum absolute atomic E-state index is 11.2. The Morgan fingerprint density at radius 1 is 1.57 bits per heavy atom. The third-order valence-corrected chi connectivity index (χ3v) is 3.22. The van der Waals surface area contributed by atoms with Crippen molar-refractivity contribution in [1.82, 2.24) is 10.0 Å². The summed E-state index contributed by atoms with van der Waals surface area (Å²) in [5, 5.41) is 9.63. The van der Waals surface area contributed by atoms with Gasteiger partial charge >= 0.3 is 0 Å². The summed E-state index contributed by atoms with van der Waals surface area (Å²) >= 11 is 0. The van der Waals surface area contributed by atoms with Gasteiger partial charge in [-0.1, -0.05) is 0 Å². The molecule has 0 heterocycles. The molecule has 80 valence electrons. The number of nitrogens with one attached hydrogen (secondary N) is 2. The Balaban J connectivity index is 4.03. The van der Waals surface area contributed by atoms with Crippen LogP contribution in [0.3, 0.4) is 0 Å². The molecule has 0 aliphatic rings. The number of carbonyl (C=O) groups excluding carboxylic acids is 1. The SMILES string of the molecule is CNC(=O)CCNS(=O)(=O)C(C)C#N. The lowest BCUT2D eigenvalue weighted by molar-refractivity contribution is -0.120. The van der Waals surface area contributed by atoms with Crippen molar-refractivity contribution in [3.8, 4) is 6.07 Å². The van der Waals surface area contributed by atoms with Gasteiger partial charge in [-0.05, 0) is 6.92 Å². The molecule has 0 rings (SSSR count). The minimum absolute atomic E-state index is 0.00796. The number of nitrogens with zero attached hydrogens (tertiary/aromatic N) is 1. The first-order valence-electron chi connectivity index (χ1n) is 4.02. The Morgan fingerprint density at radius 3 is 2.57 bits per heavy atom. The van der Waals surface area contributed by atoms with Gasteiger partial charge in [0.15, 0.2) is 5.25 Å². The van der Waals surface area contributed by atoms with Crippen molar-refractivity contribution in [1.29, 1.82) is 5.26 Å². The Bertz CT molecular complexity index is 331. The third-order valence-electron chi connectivity index (χ3n) is 1.58. The average Bonchev–Trinajstić information content (AvgIpc) is 2.15. The molecule has 0 saturated heterocycles. The van der Waals surface area contributed by atoms with E-state index >= 15 is 0 Å². The van der Waals surface area contributed by atoms with E-state index in [4.69, 9.17) is 5.26 Å². The molecule has 1 unspecified atom stereocenters. The van der Waals surface area contributed by atoms with Crippen LogP contribution in [0.5, 0.6) is 0 Å². The highest BCUT2D eigenvalue weighted by Gasteiger charge is 2.19. The molecule has 0 bridgehead atoms. The van der Waals surface area contributed by atoms with Crippen molar-refractivity contribution in [2.24, 2.45) is 0 Å². The highest BCUT2D eigenvalue weighted by Crippen LogP contribution is 1.95. The fraction of sp³-hybridized carbons (Fsp3) is 0.714. The topological polar surface area (TPSA) is 99.1 Å². The largest absolute Gasteiger partial charge is 0.359 e. The predicted octanol–water partition coefficient (Wildman–Crippen LogP) is -1.05. The first kappa shape index (κ1) is 12.9. The highest BCUT2D eigenvalue weighted by atomic mass is 32.2. The Kier molecular flexibility index (Phi) is 5.12. The molecule has 0 aliphatic carbocycles. The first-order valence-corrected chi connectivity index (χ1v) is 5.57. The van der Waals surface area contributed by atoms with Gasteiger partial charge < -0.3 is 5.32 Å². The van der Waals surface area contributed by atoms with Crippen molar-refractivity contribution in [3.63, 3.8) is 0 Å². The van der Waals surface area contributed by atoms with E-state index in [9.17, 15) is 13.2 Å². The summed E-state index contributed by atoms with van der Waals surface area (Å²) in [7, 11) is -2.14. The predicted molar refractivity (Wildman–Crippen MR) is 50.7 cm³/mol. The molecule has 0 radical (unpaired) electrons. The molecule has 1 atom stereocenters. The number of hydrogen-bond acceptors (Lipinski definition) is 4. The van der Waals surface area contributed by atoms with Crippen molar-refractivity contribution in [2.75, 3.05) is 13.6 Å². The van der Waals surface area contributed by atoms with Gasteiger partial charge in [0.2, 0.25) is 15.9 Å². The van der Waals surface area contributed by atoms with Gasteiger partial charge in [0.25, 0.3) is 0 Å². The molecule has 0 aromatic heterocycles. The smallest absolute Gasteiger partial charge is 0.227 e. The van der Waals surface area contributed by atoms with Gasteiger partial charge in [-0.3, -0.25) is 4.79 Å². The van der Waals surface area contributed by atoms with E-state index in [0.29, 0.717) is 0 Å². The zero-order valence-electron chi connectivity index (χ0n) is 8.07. The van der Waals surface area contributed by atoms with Crippen LogP contribution >= 0.6 is 0 Å². The maximum atomic E-state index is 11.2. The Hall–Kier alpha value is -1.13. The molecular weight excluding hydrogens is 206 g/mol. The van der Waals surface area contributed by atoms with Crippen LogP contribution in [0.4, 0.5) is 0 Å². The van der Waals surface area contributed by atoms with Gasteiger partial charge in [0.05, 0.1) is 6.07 Å². The monoisotopic (exact) mass is 219 g/mol. The van der Waals surface area contributed by atoms with Crippen molar-refractivity contribution in [2.45, 2.75) is 18.6 Å². The van der Waals surface area contributed by atoms with E-state index in [1.54, 1.807) is 6.07 Å². The number of carbonyl (C=O) groups is 1.